The molecular formula is C20H29N3O2. The number of hydrogen-bond acceptors (Lipinski definition) is 5. The molecule has 5 heteroatoms. The average molecular weight is 343 g/mol. The van der Waals surface area contributed by atoms with Gasteiger partial charge in [-0.15, -0.1) is 0 Å². The number of piperidine rings is 1. The molecule has 1 aliphatic heterocycles. The molecule has 1 N–H and O–H groups in total. The summed E-state index contributed by atoms with van der Waals surface area (Å²) in [6, 6.07) is 4.67. The van der Waals surface area contributed by atoms with E-state index < -0.39 is 0 Å². The quantitative estimate of drug-likeness (QED) is 0.901. The first-order valence-electron chi connectivity index (χ1n) is 9.04. The maximum Gasteiger partial charge on any atom is 0.226 e. The number of likely N-dealkylation sites (tertiary alicyclic amines) is 1. The lowest BCUT2D eigenvalue weighted by atomic mass is 10.0. The summed E-state index contributed by atoms with van der Waals surface area (Å²) in [5.74, 6) is 2.52. The Kier molecular flexibility index (Phi) is 5.45. The molecule has 0 saturated carbocycles. The summed E-state index contributed by atoms with van der Waals surface area (Å²) in [5, 5.41) is 3.38. The summed E-state index contributed by atoms with van der Waals surface area (Å²) in [6.45, 7) is 9.24. The van der Waals surface area contributed by atoms with E-state index in [1.54, 1.807) is 7.11 Å². The number of methoxy groups -OCH3 is 1. The Balaban J connectivity index is 1.78. The third-order valence-corrected chi connectivity index (χ3v) is 5.45. The predicted octanol–water partition coefficient (Wildman–Crippen LogP) is 3.46. The average Bonchev–Trinajstić information content (AvgIpc) is 2.98. The molecule has 1 aliphatic rings. The van der Waals surface area contributed by atoms with E-state index >= 15 is 0 Å². The van der Waals surface area contributed by atoms with Gasteiger partial charge >= 0.3 is 0 Å². The number of ether oxygens (including phenoxy) is 1. The van der Waals surface area contributed by atoms with E-state index in [1.165, 1.54) is 12.8 Å². The van der Waals surface area contributed by atoms with Gasteiger partial charge in [-0.1, -0.05) is 0 Å². The van der Waals surface area contributed by atoms with Crippen LogP contribution in [0.5, 0.6) is 5.75 Å². The Labute approximate surface area is 150 Å². The number of oxazole rings is 1. The number of nitrogens with zero attached hydrogens (tertiary/aromatic N) is 2. The summed E-state index contributed by atoms with van der Waals surface area (Å²) < 4.78 is 11.4. The maximum atomic E-state index is 6.00. The van der Waals surface area contributed by atoms with Crippen LogP contribution >= 0.6 is 0 Å². The lowest BCUT2D eigenvalue weighted by Gasteiger charge is -2.31. The van der Waals surface area contributed by atoms with Gasteiger partial charge < -0.3 is 14.5 Å². The van der Waals surface area contributed by atoms with Crippen molar-refractivity contribution in [3.63, 3.8) is 0 Å². The van der Waals surface area contributed by atoms with Gasteiger partial charge in [-0.2, -0.15) is 0 Å². The lowest BCUT2D eigenvalue weighted by Crippen LogP contribution is -2.40. The molecular weight excluding hydrogens is 314 g/mol. The highest BCUT2D eigenvalue weighted by molar-refractivity contribution is 5.63. The molecule has 0 atom stereocenters. The molecule has 1 aromatic heterocycles. The fourth-order valence-electron chi connectivity index (χ4n) is 3.53. The molecule has 3 rings (SSSR count). The first-order chi connectivity index (χ1) is 12.0. The van der Waals surface area contributed by atoms with Crippen molar-refractivity contribution in [2.45, 2.75) is 46.2 Å². The smallest absolute Gasteiger partial charge is 0.226 e. The molecule has 5 nitrogen and oxygen atoms in total. The summed E-state index contributed by atoms with van der Waals surface area (Å²) in [4.78, 5) is 7.27. The van der Waals surface area contributed by atoms with Crippen LogP contribution in [0.15, 0.2) is 16.5 Å². The second-order valence-electron chi connectivity index (χ2n) is 6.93. The molecule has 0 unspecified atom stereocenters. The molecule has 0 bridgehead atoms. The van der Waals surface area contributed by atoms with E-state index in [9.17, 15) is 0 Å². The van der Waals surface area contributed by atoms with Crippen LogP contribution in [0.25, 0.3) is 11.5 Å². The number of nitrogens with one attached hydrogen (secondary N) is 1. The minimum absolute atomic E-state index is 0.648. The van der Waals surface area contributed by atoms with Crippen molar-refractivity contribution in [2.75, 3.05) is 27.2 Å². The number of aryl methyl sites for hydroxylation is 1. The van der Waals surface area contributed by atoms with Gasteiger partial charge in [0.05, 0.1) is 12.8 Å². The maximum absolute atomic E-state index is 6.00. The number of hydrogen-bond donors (Lipinski definition) is 1. The fourth-order valence-corrected chi connectivity index (χ4v) is 3.53. The van der Waals surface area contributed by atoms with Crippen molar-refractivity contribution in [1.29, 1.82) is 0 Å². The Bertz CT molecular complexity index is 731. The molecule has 0 spiro atoms. The zero-order valence-electron chi connectivity index (χ0n) is 16.0. The standard InChI is InChI=1S/C20H29N3O2/c1-13-14(2)19(24-5)7-6-17(13)20-22-18(15(3)25-20)12-23-10-8-16(21-4)9-11-23/h6-7,16,21H,8-12H2,1-5H3. The molecule has 0 radical (unpaired) electrons. The Morgan fingerprint density at radius 3 is 2.56 bits per heavy atom. The van der Waals surface area contributed by atoms with Crippen molar-refractivity contribution >= 4 is 0 Å². The van der Waals surface area contributed by atoms with Crippen LogP contribution in [0.3, 0.4) is 0 Å². The van der Waals surface area contributed by atoms with Gasteiger partial charge in [0.1, 0.15) is 11.5 Å². The van der Waals surface area contributed by atoms with Crippen molar-refractivity contribution < 1.29 is 9.15 Å². The predicted molar refractivity (Wildman–Crippen MR) is 100 cm³/mol. The van der Waals surface area contributed by atoms with Crippen LogP contribution in [-0.2, 0) is 6.54 Å². The normalized spacial score (nSPS) is 16.4. The van der Waals surface area contributed by atoms with Crippen LogP contribution in [0.4, 0.5) is 0 Å². The molecule has 136 valence electrons. The SMILES string of the molecule is CNC1CCN(Cc2nc(-c3ccc(OC)c(C)c3C)oc2C)CC1. The van der Waals surface area contributed by atoms with E-state index in [4.69, 9.17) is 14.1 Å². The van der Waals surface area contributed by atoms with Crippen LogP contribution in [0.2, 0.25) is 0 Å². The van der Waals surface area contributed by atoms with Gasteiger partial charge in [-0.25, -0.2) is 4.98 Å². The summed E-state index contributed by atoms with van der Waals surface area (Å²) in [6.07, 6.45) is 2.38. The van der Waals surface area contributed by atoms with Gasteiger partial charge in [-0.05, 0) is 63.9 Å². The Morgan fingerprint density at radius 1 is 1.20 bits per heavy atom. The van der Waals surface area contributed by atoms with E-state index in [0.717, 1.165) is 53.5 Å². The molecule has 0 aliphatic carbocycles. The molecule has 2 aromatic rings. The highest BCUT2D eigenvalue weighted by Gasteiger charge is 2.21. The highest BCUT2D eigenvalue weighted by Crippen LogP contribution is 2.31. The molecule has 1 fully saturated rings. The van der Waals surface area contributed by atoms with E-state index in [1.807, 2.05) is 26.1 Å². The summed E-state index contributed by atoms with van der Waals surface area (Å²) in [7, 11) is 3.75. The molecule has 2 heterocycles. The summed E-state index contributed by atoms with van der Waals surface area (Å²) >= 11 is 0. The highest BCUT2D eigenvalue weighted by atomic mass is 16.5. The molecule has 25 heavy (non-hydrogen) atoms. The van der Waals surface area contributed by atoms with Crippen LogP contribution < -0.4 is 10.1 Å². The first kappa shape index (κ1) is 18.0. The van der Waals surface area contributed by atoms with Crippen molar-refractivity contribution in [3.8, 4) is 17.2 Å². The van der Waals surface area contributed by atoms with E-state index in [2.05, 4.69) is 24.1 Å². The molecule has 1 aromatic carbocycles. The van der Waals surface area contributed by atoms with E-state index in [0.29, 0.717) is 11.9 Å². The minimum atomic E-state index is 0.648. The third-order valence-electron chi connectivity index (χ3n) is 5.45. The fraction of sp³-hybridized carbons (Fsp3) is 0.550. The Hall–Kier alpha value is -1.85. The topological polar surface area (TPSA) is 50.5 Å². The number of aromatic nitrogens is 1. The zero-order valence-corrected chi connectivity index (χ0v) is 16.0. The zero-order chi connectivity index (χ0) is 18.0. The van der Waals surface area contributed by atoms with Crippen LogP contribution in [0, 0.1) is 20.8 Å². The van der Waals surface area contributed by atoms with Gasteiger partial charge in [0.25, 0.3) is 0 Å². The van der Waals surface area contributed by atoms with Gasteiger partial charge in [0.15, 0.2) is 0 Å². The van der Waals surface area contributed by atoms with E-state index in [-0.39, 0.29) is 0 Å². The Morgan fingerprint density at radius 2 is 1.92 bits per heavy atom. The largest absolute Gasteiger partial charge is 0.496 e. The van der Waals surface area contributed by atoms with Gasteiger partial charge in [0.2, 0.25) is 5.89 Å². The van der Waals surface area contributed by atoms with Gasteiger partial charge in [0, 0.05) is 31.2 Å². The minimum Gasteiger partial charge on any atom is -0.496 e. The molecule has 1 saturated heterocycles. The van der Waals surface area contributed by atoms with Crippen LogP contribution in [0.1, 0.15) is 35.4 Å². The van der Waals surface area contributed by atoms with Crippen LogP contribution in [-0.4, -0.2) is 43.2 Å². The number of benzene rings is 1. The second kappa shape index (κ2) is 7.58. The summed E-state index contributed by atoms with van der Waals surface area (Å²) in [5.41, 5.74) is 4.38. The van der Waals surface area contributed by atoms with Crippen molar-refractivity contribution in [1.82, 2.24) is 15.2 Å². The lowest BCUT2D eigenvalue weighted by molar-refractivity contribution is 0.192. The molecule has 0 amide bonds. The van der Waals surface area contributed by atoms with Crippen molar-refractivity contribution in [3.05, 3.63) is 34.7 Å². The van der Waals surface area contributed by atoms with Gasteiger partial charge in [-0.3, -0.25) is 4.90 Å². The first-order valence-corrected chi connectivity index (χ1v) is 9.04. The van der Waals surface area contributed by atoms with Crippen molar-refractivity contribution in [2.24, 2.45) is 0 Å². The number of rotatable bonds is 5. The monoisotopic (exact) mass is 343 g/mol. The second-order valence-corrected chi connectivity index (χ2v) is 6.93. The third kappa shape index (κ3) is 3.72.